The van der Waals surface area contributed by atoms with Gasteiger partial charge in [0.1, 0.15) is 15.8 Å². The Kier molecular flexibility index (Phi) is 4.92. The standard InChI is InChI=1S/C12H12ClNO4S3/c1-14(11-10(13)12(15)20-19-11)7-8-4-3-5-9(6-8)18-21(2,16)17/h3-6H,7H2,1-2H3. The van der Waals surface area contributed by atoms with E-state index < -0.39 is 10.1 Å². The monoisotopic (exact) mass is 365 g/mol. The number of hydrogen-bond donors (Lipinski definition) is 0. The molecule has 1 aromatic heterocycles. The molecule has 0 N–H and O–H groups in total. The fourth-order valence-electron chi connectivity index (χ4n) is 1.69. The minimum absolute atomic E-state index is 0.155. The fourth-order valence-corrected chi connectivity index (χ4v) is 4.88. The van der Waals surface area contributed by atoms with Gasteiger partial charge in [0.2, 0.25) is 0 Å². The lowest BCUT2D eigenvalue weighted by atomic mass is 10.2. The molecule has 1 heterocycles. The van der Waals surface area contributed by atoms with E-state index in [0.29, 0.717) is 11.5 Å². The van der Waals surface area contributed by atoms with Crippen LogP contribution in [0.2, 0.25) is 5.02 Å². The summed E-state index contributed by atoms with van der Waals surface area (Å²) < 4.78 is 26.9. The van der Waals surface area contributed by atoms with Crippen LogP contribution >= 0.6 is 32.3 Å². The van der Waals surface area contributed by atoms with Gasteiger partial charge in [-0.05, 0) is 28.0 Å². The zero-order valence-corrected chi connectivity index (χ0v) is 14.4. The summed E-state index contributed by atoms with van der Waals surface area (Å²) in [6, 6.07) is 6.76. The van der Waals surface area contributed by atoms with Crippen LogP contribution in [0.3, 0.4) is 0 Å². The van der Waals surface area contributed by atoms with Crippen LogP contribution in [0, 0.1) is 0 Å². The third-order valence-corrected chi connectivity index (χ3v) is 5.84. The van der Waals surface area contributed by atoms with E-state index in [9.17, 15) is 13.2 Å². The summed E-state index contributed by atoms with van der Waals surface area (Å²) in [6.07, 6.45) is 0.994. The number of halogens is 1. The van der Waals surface area contributed by atoms with Crippen molar-refractivity contribution in [3.8, 4) is 5.75 Å². The summed E-state index contributed by atoms with van der Waals surface area (Å²) in [5.41, 5.74) is 0.848. The largest absolute Gasteiger partial charge is 0.383 e. The van der Waals surface area contributed by atoms with Gasteiger partial charge in [-0.2, -0.15) is 8.42 Å². The predicted molar refractivity (Wildman–Crippen MR) is 87.5 cm³/mol. The highest BCUT2D eigenvalue weighted by atomic mass is 35.5. The quantitative estimate of drug-likeness (QED) is 0.602. The van der Waals surface area contributed by atoms with Crippen LogP contribution in [-0.2, 0) is 16.7 Å². The van der Waals surface area contributed by atoms with Crippen LogP contribution in [0.5, 0.6) is 5.75 Å². The van der Waals surface area contributed by atoms with Crippen molar-refractivity contribution < 1.29 is 12.6 Å². The Balaban J connectivity index is 2.18. The van der Waals surface area contributed by atoms with Gasteiger partial charge in [0, 0.05) is 13.6 Å². The van der Waals surface area contributed by atoms with Gasteiger partial charge in [-0.15, -0.1) is 0 Å². The lowest BCUT2D eigenvalue weighted by Gasteiger charge is -2.17. The third kappa shape index (κ3) is 4.44. The van der Waals surface area contributed by atoms with Crippen molar-refractivity contribution in [1.29, 1.82) is 0 Å². The first kappa shape index (κ1) is 16.3. The number of nitrogens with zero attached hydrogens (tertiary/aromatic N) is 1. The maximum atomic E-state index is 11.4. The number of hydrogen-bond acceptors (Lipinski definition) is 7. The van der Waals surface area contributed by atoms with E-state index in [1.54, 1.807) is 18.2 Å². The second-order valence-corrected chi connectivity index (χ2v) is 8.41. The van der Waals surface area contributed by atoms with Crippen LogP contribution in [-0.4, -0.2) is 21.7 Å². The molecule has 0 saturated heterocycles. The molecule has 0 amide bonds. The average molecular weight is 366 g/mol. The van der Waals surface area contributed by atoms with Gasteiger partial charge >= 0.3 is 10.1 Å². The molecule has 2 aromatic rings. The van der Waals surface area contributed by atoms with Crippen molar-refractivity contribution in [1.82, 2.24) is 0 Å². The molecule has 9 heteroatoms. The maximum Gasteiger partial charge on any atom is 0.306 e. The molecule has 2 rings (SSSR count). The number of benzene rings is 1. The minimum Gasteiger partial charge on any atom is -0.383 e. The number of anilines is 1. The molecule has 0 spiro atoms. The van der Waals surface area contributed by atoms with Crippen LogP contribution < -0.4 is 13.8 Å². The van der Waals surface area contributed by atoms with Crippen LogP contribution in [0.15, 0.2) is 29.1 Å². The molecule has 0 radical (unpaired) electrons. The highest BCUT2D eigenvalue weighted by Crippen LogP contribution is 2.31. The number of rotatable bonds is 5. The maximum absolute atomic E-state index is 11.4. The van der Waals surface area contributed by atoms with Gasteiger partial charge in [0.25, 0.3) is 4.74 Å². The van der Waals surface area contributed by atoms with E-state index in [1.165, 1.54) is 10.3 Å². The summed E-state index contributed by atoms with van der Waals surface area (Å²) in [5.74, 6) is 0.257. The molecule has 114 valence electrons. The summed E-state index contributed by atoms with van der Waals surface area (Å²) in [7, 11) is 0.666. The lowest BCUT2D eigenvalue weighted by Crippen LogP contribution is -2.16. The van der Waals surface area contributed by atoms with E-state index in [-0.39, 0.29) is 15.5 Å². The average Bonchev–Trinajstić information content (AvgIpc) is 2.68. The topological polar surface area (TPSA) is 63.7 Å². The molecule has 0 aliphatic rings. The molecule has 21 heavy (non-hydrogen) atoms. The lowest BCUT2D eigenvalue weighted by molar-refractivity contribution is 0.492. The van der Waals surface area contributed by atoms with Crippen molar-refractivity contribution in [2.24, 2.45) is 0 Å². The van der Waals surface area contributed by atoms with Crippen LogP contribution in [0.4, 0.5) is 5.00 Å². The molecule has 0 atom stereocenters. The Morgan fingerprint density at radius 1 is 1.33 bits per heavy atom. The third-order valence-electron chi connectivity index (χ3n) is 2.48. The Bertz CT molecular complexity index is 797. The fraction of sp³-hybridized carbons (Fsp3) is 0.250. The first-order valence-corrected chi connectivity index (χ1v) is 10.1. The van der Waals surface area contributed by atoms with Gasteiger partial charge in [-0.25, -0.2) is 0 Å². The van der Waals surface area contributed by atoms with Gasteiger partial charge in [-0.1, -0.05) is 34.1 Å². The molecule has 0 bridgehead atoms. The van der Waals surface area contributed by atoms with Gasteiger partial charge < -0.3 is 9.08 Å². The molecule has 0 saturated carbocycles. The normalized spacial score (nSPS) is 11.4. The smallest absolute Gasteiger partial charge is 0.306 e. The SMILES string of the molecule is CN(Cc1cccc(OS(C)(=O)=O)c1)c1ssc(=O)c1Cl. The van der Waals surface area contributed by atoms with Crippen LogP contribution in [0.1, 0.15) is 5.56 Å². The molecule has 0 aliphatic carbocycles. The molecular formula is C12H12ClNO4S3. The minimum atomic E-state index is -3.55. The molecule has 0 unspecified atom stereocenters. The first-order valence-electron chi connectivity index (χ1n) is 5.74. The molecule has 5 nitrogen and oxygen atoms in total. The molecular weight excluding hydrogens is 354 g/mol. The Hall–Kier alpha value is -1.09. The van der Waals surface area contributed by atoms with Gasteiger partial charge in [-0.3, -0.25) is 4.79 Å². The van der Waals surface area contributed by atoms with Crippen molar-refractivity contribution >= 4 is 47.4 Å². The molecule has 1 aromatic carbocycles. The highest BCUT2D eigenvalue weighted by molar-refractivity contribution is 7.86. The van der Waals surface area contributed by atoms with E-state index in [2.05, 4.69) is 0 Å². The highest BCUT2D eigenvalue weighted by Gasteiger charge is 2.13. The zero-order chi connectivity index (χ0) is 15.6. The van der Waals surface area contributed by atoms with E-state index in [4.69, 9.17) is 15.8 Å². The second kappa shape index (κ2) is 6.35. The van der Waals surface area contributed by atoms with Gasteiger partial charge in [0.05, 0.1) is 6.26 Å². The van der Waals surface area contributed by atoms with E-state index in [1.807, 2.05) is 18.0 Å². The van der Waals surface area contributed by atoms with Gasteiger partial charge in [0.15, 0.2) is 0 Å². The molecule has 0 fully saturated rings. The first-order chi connectivity index (χ1) is 9.76. The summed E-state index contributed by atoms with van der Waals surface area (Å²) in [6.45, 7) is 0.480. The summed E-state index contributed by atoms with van der Waals surface area (Å²) >= 11 is 5.95. The Labute approximate surface area is 134 Å². The van der Waals surface area contributed by atoms with E-state index in [0.717, 1.165) is 22.2 Å². The van der Waals surface area contributed by atoms with E-state index >= 15 is 0 Å². The van der Waals surface area contributed by atoms with Crippen LogP contribution in [0.25, 0.3) is 0 Å². The van der Waals surface area contributed by atoms with Crippen molar-refractivity contribution in [3.63, 3.8) is 0 Å². The Morgan fingerprint density at radius 2 is 2.05 bits per heavy atom. The van der Waals surface area contributed by atoms with Crippen molar-refractivity contribution in [2.75, 3.05) is 18.2 Å². The zero-order valence-electron chi connectivity index (χ0n) is 11.2. The van der Waals surface area contributed by atoms with Crippen molar-refractivity contribution in [3.05, 3.63) is 44.4 Å². The predicted octanol–water partition coefficient (Wildman–Crippen LogP) is 2.80. The van der Waals surface area contributed by atoms with Crippen molar-refractivity contribution in [2.45, 2.75) is 6.54 Å². The molecule has 0 aliphatic heterocycles. The summed E-state index contributed by atoms with van der Waals surface area (Å²) in [5, 5.41) is 0.914. The summed E-state index contributed by atoms with van der Waals surface area (Å²) in [4.78, 5) is 13.2. The Morgan fingerprint density at radius 3 is 2.62 bits per heavy atom. The second-order valence-electron chi connectivity index (χ2n) is 4.36.